The van der Waals surface area contributed by atoms with Gasteiger partial charge in [0.05, 0.1) is 11.0 Å². The first-order valence-electron chi connectivity index (χ1n) is 6.31. The standard InChI is InChI=1S/C12H11N5O2/c1-2-6(1)13-11-15-12-14-7-3-9-10(19-5-18-9)4-8(7)17(12)16-11/h3-4,6H,1-2,5H2,(H2,13,14,15,16). The number of rotatable bonds is 2. The van der Waals surface area contributed by atoms with Crippen molar-refractivity contribution in [1.29, 1.82) is 0 Å². The minimum atomic E-state index is 0.271. The van der Waals surface area contributed by atoms with Gasteiger partial charge in [0.25, 0.3) is 5.78 Å². The summed E-state index contributed by atoms with van der Waals surface area (Å²) in [6.45, 7) is 0.271. The summed E-state index contributed by atoms with van der Waals surface area (Å²) in [6.07, 6.45) is 2.42. The van der Waals surface area contributed by atoms with Crippen LogP contribution in [-0.2, 0) is 0 Å². The van der Waals surface area contributed by atoms with E-state index in [1.165, 1.54) is 12.8 Å². The van der Waals surface area contributed by atoms with Gasteiger partial charge in [-0.2, -0.15) is 4.98 Å². The first kappa shape index (κ1) is 9.48. The van der Waals surface area contributed by atoms with Crippen molar-refractivity contribution in [3.05, 3.63) is 12.1 Å². The quantitative estimate of drug-likeness (QED) is 0.727. The zero-order valence-corrected chi connectivity index (χ0v) is 10.0. The molecule has 3 aromatic rings. The van der Waals surface area contributed by atoms with E-state index in [9.17, 15) is 0 Å². The number of imidazole rings is 1. The first-order chi connectivity index (χ1) is 9.37. The number of nitrogens with zero attached hydrogens (tertiary/aromatic N) is 3. The molecule has 3 heterocycles. The summed E-state index contributed by atoms with van der Waals surface area (Å²) in [5.74, 6) is 2.91. The molecule has 2 aliphatic rings. The van der Waals surface area contributed by atoms with E-state index in [-0.39, 0.29) is 6.79 Å². The van der Waals surface area contributed by atoms with Crippen LogP contribution in [0.1, 0.15) is 12.8 Å². The van der Waals surface area contributed by atoms with Crippen LogP contribution in [0, 0.1) is 0 Å². The molecule has 0 spiro atoms. The molecule has 0 saturated heterocycles. The van der Waals surface area contributed by atoms with Crippen molar-refractivity contribution in [1.82, 2.24) is 19.6 Å². The summed E-state index contributed by atoms with van der Waals surface area (Å²) in [4.78, 5) is 8.92. The predicted molar refractivity (Wildman–Crippen MR) is 67.6 cm³/mol. The number of hydrogen-bond acceptors (Lipinski definition) is 5. The van der Waals surface area contributed by atoms with Crippen molar-refractivity contribution in [3.8, 4) is 11.5 Å². The van der Waals surface area contributed by atoms with Crippen LogP contribution in [-0.4, -0.2) is 32.4 Å². The average Bonchev–Trinajstić information content (AvgIpc) is 2.82. The lowest BCUT2D eigenvalue weighted by atomic mass is 10.3. The minimum Gasteiger partial charge on any atom is -0.454 e. The van der Waals surface area contributed by atoms with Crippen LogP contribution in [0.3, 0.4) is 0 Å². The fourth-order valence-corrected chi connectivity index (χ4v) is 2.36. The molecule has 0 atom stereocenters. The van der Waals surface area contributed by atoms with E-state index in [2.05, 4.69) is 20.4 Å². The van der Waals surface area contributed by atoms with E-state index in [0.717, 1.165) is 28.5 Å². The summed E-state index contributed by atoms with van der Waals surface area (Å²) in [5.41, 5.74) is 1.79. The Labute approximate surface area is 107 Å². The van der Waals surface area contributed by atoms with Crippen LogP contribution >= 0.6 is 0 Å². The molecule has 0 unspecified atom stereocenters. The number of benzene rings is 1. The molecule has 0 amide bonds. The third-order valence-corrected chi connectivity index (χ3v) is 3.48. The Morgan fingerprint density at radius 2 is 2.05 bits per heavy atom. The van der Waals surface area contributed by atoms with Gasteiger partial charge in [-0.05, 0) is 12.8 Å². The van der Waals surface area contributed by atoms with Crippen molar-refractivity contribution >= 4 is 22.8 Å². The van der Waals surface area contributed by atoms with Crippen LogP contribution in [0.4, 0.5) is 5.95 Å². The molecule has 1 aliphatic heterocycles. The number of hydrogen-bond donors (Lipinski definition) is 2. The Bertz CT molecular complexity index is 801. The maximum Gasteiger partial charge on any atom is 0.253 e. The van der Waals surface area contributed by atoms with Crippen molar-refractivity contribution < 1.29 is 9.47 Å². The highest BCUT2D eigenvalue weighted by molar-refractivity contribution is 5.83. The van der Waals surface area contributed by atoms with Crippen LogP contribution in [0.5, 0.6) is 11.5 Å². The Hall–Kier alpha value is -2.44. The second kappa shape index (κ2) is 3.11. The number of anilines is 1. The summed E-state index contributed by atoms with van der Waals surface area (Å²) >= 11 is 0. The molecule has 7 heteroatoms. The normalized spacial score (nSPS) is 17.5. The maximum absolute atomic E-state index is 5.39. The molecule has 2 N–H and O–H groups in total. The molecule has 2 aromatic heterocycles. The first-order valence-corrected chi connectivity index (χ1v) is 6.31. The molecule has 1 aliphatic carbocycles. The van der Waals surface area contributed by atoms with E-state index in [0.29, 0.717) is 11.8 Å². The number of H-pyrrole nitrogens is 1. The van der Waals surface area contributed by atoms with Gasteiger partial charge in [-0.3, -0.25) is 5.10 Å². The highest BCUT2D eigenvalue weighted by atomic mass is 16.7. The second-order valence-electron chi connectivity index (χ2n) is 4.93. The monoisotopic (exact) mass is 257 g/mol. The Balaban J connectivity index is 1.70. The Morgan fingerprint density at radius 3 is 2.89 bits per heavy atom. The van der Waals surface area contributed by atoms with Gasteiger partial charge in [-0.15, -0.1) is 0 Å². The summed E-state index contributed by atoms with van der Waals surface area (Å²) in [6, 6.07) is 4.37. The van der Waals surface area contributed by atoms with Crippen molar-refractivity contribution in [2.24, 2.45) is 0 Å². The summed E-state index contributed by atoms with van der Waals surface area (Å²) in [7, 11) is 0. The number of ether oxygens (including phenoxy) is 2. The Morgan fingerprint density at radius 1 is 1.21 bits per heavy atom. The number of aromatic nitrogens is 4. The van der Waals surface area contributed by atoms with E-state index >= 15 is 0 Å². The fraction of sp³-hybridized carbons (Fsp3) is 0.333. The summed E-state index contributed by atoms with van der Waals surface area (Å²) in [5, 5.41) is 6.54. The highest BCUT2D eigenvalue weighted by Crippen LogP contribution is 2.36. The zero-order chi connectivity index (χ0) is 12.4. The molecule has 0 radical (unpaired) electrons. The third kappa shape index (κ3) is 1.32. The topological polar surface area (TPSA) is 76.5 Å². The zero-order valence-electron chi connectivity index (χ0n) is 10.0. The lowest BCUT2D eigenvalue weighted by molar-refractivity contribution is 0.174. The van der Waals surface area contributed by atoms with E-state index in [1.807, 2.05) is 16.6 Å². The van der Waals surface area contributed by atoms with Crippen LogP contribution in [0.25, 0.3) is 16.8 Å². The van der Waals surface area contributed by atoms with Gasteiger partial charge < -0.3 is 14.8 Å². The SMILES string of the molecule is c1c2c(cc3c1nc1nc(NC4CC4)[nH]n13)OCO2. The number of fused-ring (bicyclic) bond motifs is 4. The van der Waals surface area contributed by atoms with Gasteiger partial charge in [0.1, 0.15) is 0 Å². The van der Waals surface area contributed by atoms with E-state index in [1.54, 1.807) is 0 Å². The van der Waals surface area contributed by atoms with Gasteiger partial charge in [-0.25, -0.2) is 9.50 Å². The number of aromatic amines is 1. The lowest BCUT2D eigenvalue weighted by Gasteiger charge is -1.98. The second-order valence-corrected chi connectivity index (χ2v) is 4.93. The van der Waals surface area contributed by atoms with Gasteiger partial charge in [-0.1, -0.05) is 0 Å². The lowest BCUT2D eigenvalue weighted by Crippen LogP contribution is -2.02. The maximum atomic E-state index is 5.39. The molecule has 96 valence electrons. The van der Waals surface area contributed by atoms with Crippen molar-refractivity contribution in [2.45, 2.75) is 18.9 Å². The molecular weight excluding hydrogens is 246 g/mol. The molecule has 1 aromatic carbocycles. The van der Waals surface area contributed by atoms with Crippen molar-refractivity contribution in [2.75, 3.05) is 12.1 Å². The van der Waals surface area contributed by atoms with Gasteiger partial charge in [0.2, 0.25) is 12.7 Å². The van der Waals surface area contributed by atoms with Crippen LogP contribution in [0.2, 0.25) is 0 Å². The molecule has 1 saturated carbocycles. The molecular formula is C12H11N5O2. The molecule has 0 bridgehead atoms. The molecule has 1 fully saturated rings. The highest BCUT2D eigenvalue weighted by Gasteiger charge is 2.23. The van der Waals surface area contributed by atoms with E-state index < -0.39 is 0 Å². The predicted octanol–water partition coefficient (Wildman–Crippen LogP) is 1.51. The fourth-order valence-electron chi connectivity index (χ4n) is 2.36. The third-order valence-electron chi connectivity index (χ3n) is 3.48. The van der Waals surface area contributed by atoms with Gasteiger partial charge >= 0.3 is 0 Å². The van der Waals surface area contributed by atoms with Gasteiger partial charge in [0, 0.05) is 18.2 Å². The van der Waals surface area contributed by atoms with Gasteiger partial charge in [0.15, 0.2) is 11.5 Å². The summed E-state index contributed by atoms with van der Waals surface area (Å²) < 4.78 is 12.6. The van der Waals surface area contributed by atoms with E-state index in [4.69, 9.17) is 9.47 Å². The average molecular weight is 257 g/mol. The smallest absolute Gasteiger partial charge is 0.253 e. The molecule has 5 rings (SSSR count). The molecule has 19 heavy (non-hydrogen) atoms. The van der Waals surface area contributed by atoms with Crippen LogP contribution in [0.15, 0.2) is 12.1 Å². The molecule has 7 nitrogen and oxygen atoms in total. The minimum absolute atomic E-state index is 0.271. The number of nitrogens with one attached hydrogen (secondary N) is 2. The largest absolute Gasteiger partial charge is 0.454 e. The Kier molecular flexibility index (Phi) is 1.55. The van der Waals surface area contributed by atoms with Crippen LogP contribution < -0.4 is 14.8 Å². The van der Waals surface area contributed by atoms with Crippen molar-refractivity contribution in [3.63, 3.8) is 0 Å².